The Morgan fingerprint density at radius 1 is 1.28 bits per heavy atom. The molecule has 25 heavy (non-hydrogen) atoms. The second-order valence-corrected chi connectivity index (χ2v) is 8.33. The first kappa shape index (κ1) is 16.8. The molecule has 1 amide bonds. The minimum atomic E-state index is -1.16. The van der Waals surface area contributed by atoms with Crippen LogP contribution in [0.25, 0.3) is 11.3 Å². The van der Waals surface area contributed by atoms with Crippen LogP contribution in [0.5, 0.6) is 0 Å². The zero-order valence-corrected chi connectivity index (χ0v) is 15.9. The molecule has 3 heterocycles. The molecule has 0 saturated carbocycles. The lowest BCUT2D eigenvalue weighted by Crippen LogP contribution is -2.43. The van der Waals surface area contributed by atoms with E-state index < -0.39 is 12.0 Å². The first-order valence-electron chi connectivity index (χ1n) is 7.52. The zero-order chi connectivity index (χ0) is 17.7. The summed E-state index contributed by atoms with van der Waals surface area (Å²) in [5.41, 5.74) is 0.911. The van der Waals surface area contributed by atoms with Crippen molar-refractivity contribution in [3.8, 4) is 11.3 Å². The number of nitrogens with zero attached hydrogens (tertiary/aromatic N) is 1. The van der Waals surface area contributed by atoms with Gasteiger partial charge in [-0.2, -0.15) is 0 Å². The van der Waals surface area contributed by atoms with E-state index in [4.69, 9.17) is 16.6 Å². The fourth-order valence-corrected chi connectivity index (χ4v) is 5.25. The average Bonchev–Trinajstić information content (AvgIpc) is 3.28. The van der Waals surface area contributed by atoms with Crippen LogP contribution in [0.4, 0.5) is 0 Å². The molecule has 5 nitrogen and oxygen atoms in total. The molecule has 4 rings (SSSR count). The Hall–Kier alpha value is -1.64. The second-order valence-electron chi connectivity index (χ2n) is 5.87. The lowest BCUT2D eigenvalue weighted by atomic mass is 9.94. The molecular weight excluding hydrogens is 426 g/mol. The van der Waals surface area contributed by atoms with Crippen LogP contribution in [-0.4, -0.2) is 43.9 Å². The Morgan fingerprint density at radius 2 is 2.00 bits per heavy atom. The molecule has 0 aliphatic carbocycles. The van der Waals surface area contributed by atoms with E-state index in [2.05, 4.69) is 15.9 Å². The van der Waals surface area contributed by atoms with Crippen LogP contribution in [0.3, 0.4) is 0 Å². The van der Waals surface area contributed by atoms with E-state index in [1.165, 1.54) is 11.8 Å². The Bertz CT molecular complexity index is 879. The van der Waals surface area contributed by atoms with Gasteiger partial charge in [-0.3, -0.25) is 4.79 Å². The Kier molecular flexibility index (Phi) is 4.21. The van der Waals surface area contributed by atoms with Gasteiger partial charge in [-0.1, -0.05) is 40.3 Å². The second kappa shape index (κ2) is 6.26. The number of rotatable bonds is 4. The first-order chi connectivity index (χ1) is 12.0. The number of hydrogen-bond acceptors (Lipinski definition) is 5. The largest absolute Gasteiger partial charge is 0.477 e. The first-order valence-corrected chi connectivity index (χ1v) is 9.77. The molecule has 3 atom stereocenters. The summed E-state index contributed by atoms with van der Waals surface area (Å²) in [6.07, 6.45) is 0. The molecule has 3 unspecified atom stereocenters. The van der Waals surface area contributed by atoms with Gasteiger partial charge in [-0.25, -0.2) is 4.79 Å². The van der Waals surface area contributed by atoms with Crippen molar-refractivity contribution < 1.29 is 19.1 Å². The molecular formula is C17H12BrNO4S2. The fourth-order valence-electron chi connectivity index (χ4n) is 3.33. The summed E-state index contributed by atoms with van der Waals surface area (Å²) < 4.78 is 6.96. The van der Waals surface area contributed by atoms with E-state index in [9.17, 15) is 14.7 Å². The zero-order valence-electron chi connectivity index (χ0n) is 12.7. The molecule has 1 aromatic heterocycles. The monoisotopic (exact) mass is 437 g/mol. The number of carbonyl (C=O) groups is 2. The quantitative estimate of drug-likeness (QED) is 0.737. The molecule has 8 heteroatoms. The number of thioether (sulfide) groups is 1. The number of aliphatic carboxylic acids is 1. The molecule has 2 fully saturated rings. The summed E-state index contributed by atoms with van der Waals surface area (Å²) in [6, 6.07) is 10.7. The third kappa shape index (κ3) is 2.72. The van der Waals surface area contributed by atoms with E-state index in [0.717, 1.165) is 10.0 Å². The third-order valence-electron chi connectivity index (χ3n) is 4.49. The van der Waals surface area contributed by atoms with Gasteiger partial charge in [0, 0.05) is 10.0 Å². The van der Waals surface area contributed by atoms with Crippen LogP contribution >= 0.6 is 39.9 Å². The highest BCUT2D eigenvalue weighted by atomic mass is 79.9. The van der Waals surface area contributed by atoms with Crippen molar-refractivity contribution in [3.05, 3.63) is 46.6 Å². The Balaban J connectivity index is 1.70. The maximum absolute atomic E-state index is 12.4. The Morgan fingerprint density at radius 3 is 2.68 bits per heavy atom. The van der Waals surface area contributed by atoms with E-state index in [-0.39, 0.29) is 21.9 Å². The van der Waals surface area contributed by atoms with Gasteiger partial charge >= 0.3 is 5.97 Å². The molecule has 1 N–H and O–H groups in total. The summed E-state index contributed by atoms with van der Waals surface area (Å²) in [6.45, 7) is 0. The van der Waals surface area contributed by atoms with Crippen LogP contribution in [0.2, 0.25) is 0 Å². The molecule has 2 bridgehead atoms. The normalized spacial score (nSPS) is 24.8. The summed E-state index contributed by atoms with van der Waals surface area (Å²) >= 11 is 9.99. The van der Waals surface area contributed by atoms with E-state index >= 15 is 0 Å². The van der Waals surface area contributed by atoms with Crippen molar-refractivity contribution in [2.75, 3.05) is 5.88 Å². The van der Waals surface area contributed by atoms with Gasteiger partial charge < -0.3 is 14.4 Å². The third-order valence-corrected chi connectivity index (χ3v) is 6.71. The van der Waals surface area contributed by atoms with Gasteiger partial charge in [0.05, 0.1) is 23.1 Å². The highest BCUT2D eigenvalue weighted by Crippen LogP contribution is 2.48. The van der Waals surface area contributed by atoms with Crippen molar-refractivity contribution in [1.82, 2.24) is 4.90 Å². The van der Waals surface area contributed by atoms with Crippen LogP contribution in [-0.2, 0) is 9.59 Å². The van der Waals surface area contributed by atoms with Crippen molar-refractivity contribution in [2.45, 2.75) is 17.2 Å². The average molecular weight is 438 g/mol. The van der Waals surface area contributed by atoms with E-state index in [1.807, 2.05) is 36.4 Å². The summed E-state index contributed by atoms with van der Waals surface area (Å²) in [5, 5.41) is 8.97. The number of amides is 1. The predicted molar refractivity (Wildman–Crippen MR) is 102 cm³/mol. The molecule has 2 aliphatic heterocycles. The van der Waals surface area contributed by atoms with Gasteiger partial charge in [0.15, 0.2) is 0 Å². The number of carbonyl (C=O) groups excluding carboxylic acids is 1. The number of hydrogen-bond donors (Lipinski definition) is 1. The van der Waals surface area contributed by atoms with Crippen molar-refractivity contribution >= 4 is 56.7 Å². The van der Waals surface area contributed by atoms with Gasteiger partial charge in [-0.05, 0) is 24.3 Å². The van der Waals surface area contributed by atoms with E-state index in [1.54, 1.807) is 4.90 Å². The highest BCUT2D eigenvalue weighted by molar-refractivity contribution is 9.10. The van der Waals surface area contributed by atoms with Crippen molar-refractivity contribution in [3.63, 3.8) is 0 Å². The van der Waals surface area contributed by atoms with E-state index in [0.29, 0.717) is 17.4 Å². The maximum Gasteiger partial charge on any atom is 0.344 e. The molecule has 128 valence electrons. The SMILES string of the molecule is O=C(O)C(=S)C1C(c2ccc(-c3ccc(Br)cc3)o2)C2SCN1C2=O. The lowest BCUT2D eigenvalue weighted by molar-refractivity contribution is -0.129. The minimum absolute atomic E-state index is 0.0646. The number of halogens is 1. The summed E-state index contributed by atoms with van der Waals surface area (Å²) in [4.78, 5) is 25.2. The Labute approximate surface area is 161 Å². The standard InChI is InChI=1S/C17H12BrNO4S2/c18-9-3-1-8(2-4-9)10-5-6-11(23-10)12-13(14(24)17(21)22)19-7-25-15(12)16(19)20/h1-6,12-13,15H,7H2,(H,21,22). The van der Waals surface area contributed by atoms with Crippen LogP contribution in [0, 0.1) is 0 Å². The number of furan rings is 1. The number of thiocarbonyl (C=S) groups is 1. The summed E-state index contributed by atoms with van der Waals surface area (Å²) in [5.74, 6) is 0.148. The summed E-state index contributed by atoms with van der Waals surface area (Å²) in [7, 11) is 0. The van der Waals surface area contributed by atoms with Crippen LogP contribution in [0.15, 0.2) is 45.3 Å². The molecule has 2 aromatic rings. The topological polar surface area (TPSA) is 70.8 Å². The highest BCUT2D eigenvalue weighted by Gasteiger charge is 2.57. The van der Waals surface area contributed by atoms with Gasteiger partial charge in [0.2, 0.25) is 5.91 Å². The fraction of sp³-hybridized carbons (Fsp3) is 0.235. The molecule has 0 spiro atoms. The maximum atomic E-state index is 12.4. The molecule has 0 radical (unpaired) electrons. The minimum Gasteiger partial charge on any atom is -0.477 e. The van der Waals surface area contributed by atoms with Crippen molar-refractivity contribution in [1.29, 1.82) is 0 Å². The smallest absolute Gasteiger partial charge is 0.344 e. The number of fused-ring (bicyclic) bond motifs is 2. The van der Waals surface area contributed by atoms with Crippen molar-refractivity contribution in [2.24, 2.45) is 0 Å². The van der Waals surface area contributed by atoms with Gasteiger partial charge in [0.1, 0.15) is 16.4 Å². The number of benzene rings is 1. The molecule has 2 saturated heterocycles. The number of carboxylic acids is 1. The molecule has 2 aliphatic rings. The van der Waals surface area contributed by atoms with Crippen LogP contribution in [0.1, 0.15) is 11.7 Å². The predicted octanol–water partition coefficient (Wildman–Crippen LogP) is 3.53. The lowest BCUT2D eigenvalue weighted by Gasteiger charge is -2.29. The van der Waals surface area contributed by atoms with Gasteiger partial charge in [0.25, 0.3) is 0 Å². The number of carboxylic acid groups (broad SMARTS) is 1. The molecule has 1 aromatic carbocycles. The van der Waals surface area contributed by atoms with Crippen LogP contribution < -0.4 is 0 Å². The van der Waals surface area contributed by atoms with Gasteiger partial charge in [-0.15, -0.1) is 11.8 Å².